The molecule has 8 heteroatoms. The van der Waals surface area contributed by atoms with Gasteiger partial charge in [0.05, 0.1) is 11.0 Å². The van der Waals surface area contributed by atoms with Gasteiger partial charge in [0.1, 0.15) is 0 Å². The van der Waals surface area contributed by atoms with E-state index >= 15 is 0 Å². The summed E-state index contributed by atoms with van der Waals surface area (Å²) in [7, 11) is -4.06. The van der Waals surface area contributed by atoms with Crippen LogP contribution in [0.2, 0.25) is 5.02 Å². The lowest BCUT2D eigenvalue weighted by molar-refractivity contribution is -0.387. The van der Waals surface area contributed by atoms with E-state index in [1.165, 1.54) is 13.0 Å². The Hall–Kier alpha value is -1.62. The maximum atomic E-state index is 11.9. The van der Waals surface area contributed by atoms with Crippen molar-refractivity contribution >= 4 is 27.3 Å². The lowest BCUT2D eigenvalue weighted by Gasteiger charge is -2.09. The number of benzene rings is 1. The number of hydrogen-bond donors (Lipinski definition) is 1. The molecule has 1 atom stereocenters. The van der Waals surface area contributed by atoms with Crippen LogP contribution in [0.15, 0.2) is 23.1 Å². The second kappa shape index (κ2) is 5.35. The summed E-state index contributed by atoms with van der Waals surface area (Å²) in [6, 6.07) is 2.51. The van der Waals surface area contributed by atoms with Crippen LogP contribution in [0, 0.1) is 22.5 Å². The molecule has 1 N–H and O–H groups in total. The molecule has 0 heterocycles. The summed E-state index contributed by atoms with van der Waals surface area (Å²) in [6.45, 7) is 1.44. The first-order valence-electron chi connectivity index (χ1n) is 4.70. The van der Waals surface area contributed by atoms with Crippen molar-refractivity contribution in [2.75, 3.05) is 0 Å². The van der Waals surface area contributed by atoms with Crippen LogP contribution < -0.4 is 4.72 Å². The first kappa shape index (κ1) is 14.4. The Bertz CT molecular complexity index is 621. The van der Waals surface area contributed by atoms with E-state index in [2.05, 4.69) is 10.6 Å². The monoisotopic (exact) mass is 288 g/mol. The van der Waals surface area contributed by atoms with Crippen molar-refractivity contribution in [1.29, 1.82) is 0 Å². The van der Waals surface area contributed by atoms with E-state index in [-0.39, 0.29) is 5.02 Å². The average Bonchev–Trinajstić information content (AvgIpc) is 2.27. The quantitative estimate of drug-likeness (QED) is 0.517. The lowest BCUT2D eigenvalue weighted by Crippen LogP contribution is -2.31. The van der Waals surface area contributed by atoms with Gasteiger partial charge < -0.3 is 0 Å². The van der Waals surface area contributed by atoms with Crippen LogP contribution in [0.3, 0.4) is 0 Å². The molecule has 0 spiro atoms. The Labute approximate surface area is 109 Å². The van der Waals surface area contributed by atoms with Crippen molar-refractivity contribution in [1.82, 2.24) is 4.72 Å². The number of rotatable bonds is 4. The van der Waals surface area contributed by atoms with Gasteiger partial charge in [-0.25, -0.2) is 8.42 Å². The van der Waals surface area contributed by atoms with Crippen LogP contribution in [0.4, 0.5) is 5.69 Å². The van der Waals surface area contributed by atoms with Gasteiger partial charge in [0.25, 0.3) is 5.69 Å². The lowest BCUT2D eigenvalue weighted by atomic mass is 10.3. The van der Waals surface area contributed by atoms with Crippen molar-refractivity contribution in [3.05, 3.63) is 33.3 Å². The number of nitro benzene ring substituents is 1. The Balaban J connectivity index is 3.34. The molecule has 96 valence electrons. The summed E-state index contributed by atoms with van der Waals surface area (Å²) in [5.41, 5.74) is -0.598. The van der Waals surface area contributed by atoms with Gasteiger partial charge in [0.2, 0.25) is 10.0 Å². The molecule has 0 amide bonds. The number of sulfonamides is 1. The predicted octanol–water partition coefficient (Wildman–Crippen LogP) is 1.55. The highest BCUT2D eigenvalue weighted by Crippen LogP contribution is 2.27. The molecule has 0 radical (unpaired) electrons. The summed E-state index contributed by atoms with van der Waals surface area (Å²) in [4.78, 5) is 9.50. The van der Waals surface area contributed by atoms with Gasteiger partial charge in [-0.05, 0) is 19.1 Å². The Morgan fingerprint density at radius 1 is 1.56 bits per heavy atom. The van der Waals surface area contributed by atoms with Gasteiger partial charge in [-0.2, -0.15) is 4.72 Å². The van der Waals surface area contributed by atoms with Crippen molar-refractivity contribution in [2.45, 2.75) is 17.9 Å². The topological polar surface area (TPSA) is 89.3 Å². The van der Waals surface area contributed by atoms with Crippen LogP contribution in [-0.4, -0.2) is 19.4 Å². The molecular formula is C10H9ClN2O4S. The van der Waals surface area contributed by atoms with Crippen LogP contribution in [0.25, 0.3) is 0 Å². The molecule has 0 aromatic heterocycles. The molecule has 6 nitrogen and oxygen atoms in total. The smallest absolute Gasteiger partial charge is 0.258 e. The summed E-state index contributed by atoms with van der Waals surface area (Å²) in [5.74, 6) is 2.16. The highest BCUT2D eigenvalue weighted by Gasteiger charge is 2.26. The second-order valence-electron chi connectivity index (χ2n) is 3.38. The van der Waals surface area contributed by atoms with E-state index in [1.807, 2.05) is 0 Å². The zero-order chi connectivity index (χ0) is 13.9. The van der Waals surface area contributed by atoms with Crippen LogP contribution in [0.1, 0.15) is 6.92 Å². The van der Waals surface area contributed by atoms with Crippen LogP contribution in [-0.2, 0) is 10.0 Å². The fourth-order valence-electron chi connectivity index (χ4n) is 1.19. The van der Waals surface area contributed by atoms with Crippen molar-refractivity contribution < 1.29 is 13.3 Å². The van der Waals surface area contributed by atoms with E-state index in [4.69, 9.17) is 18.0 Å². The molecule has 0 aliphatic carbocycles. The fraction of sp³-hybridized carbons (Fsp3) is 0.200. The minimum atomic E-state index is -4.06. The van der Waals surface area contributed by atoms with E-state index in [0.29, 0.717) is 0 Å². The van der Waals surface area contributed by atoms with Crippen LogP contribution >= 0.6 is 11.6 Å². The van der Waals surface area contributed by atoms with E-state index in [9.17, 15) is 18.5 Å². The molecule has 0 bridgehead atoms. The summed E-state index contributed by atoms with van der Waals surface area (Å²) in [6.07, 6.45) is 5.05. The first-order valence-corrected chi connectivity index (χ1v) is 6.56. The third kappa shape index (κ3) is 3.20. The molecule has 1 aromatic rings. The van der Waals surface area contributed by atoms with Crippen molar-refractivity contribution in [2.24, 2.45) is 0 Å². The van der Waals surface area contributed by atoms with Gasteiger partial charge in [0, 0.05) is 11.1 Å². The molecule has 1 rings (SSSR count). The maximum Gasteiger partial charge on any atom is 0.290 e. The fourth-order valence-corrected chi connectivity index (χ4v) is 2.67. The molecule has 0 saturated heterocycles. The molecular weight excluding hydrogens is 280 g/mol. The first-order chi connectivity index (χ1) is 8.27. The molecule has 18 heavy (non-hydrogen) atoms. The van der Waals surface area contributed by atoms with Crippen molar-refractivity contribution in [3.8, 4) is 12.3 Å². The molecule has 0 saturated carbocycles. The minimum Gasteiger partial charge on any atom is -0.258 e. The van der Waals surface area contributed by atoms with Gasteiger partial charge in [0.15, 0.2) is 4.90 Å². The zero-order valence-corrected chi connectivity index (χ0v) is 10.8. The Morgan fingerprint density at radius 2 is 2.17 bits per heavy atom. The molecule has 0 aliphatic heterocycles. The predicted molar refractivity (Wildman–Crippen MR) is 66.7 cm³/mol. The van der Waals surface area contributed by atoms with E-state index < -0.39 is 31.6 Å². The molecule has 1 aromatic carbocycles. The van der Waals surface area contributed by atoms with Crippen molar-refractivity contribution in [3.63, 3.8) is 0 Å². The normalized spacial score (nSPS) is 12.7. The Kier molecular flexibility index (Phi) is 4.29. The summed E-state index contributed by atoms with van der Waals surface area (Å²) < 4.78 is 25.9. The minimum absolute atomic E-state index is 0.0747. The SMILES string of the molecule is C#CC(C)NS(=O)(=O)c1ccc(Cl)cc1[N+](=O)[O-]. The van der Waals surface area contributed by atoms with Gasteiger partial charge in [-0.3, -0.25) is 10.1 Å². The summed E-state index contributed by atoms with van der Waals surface area (Å²) in [5, 5.41) is 10.9. The number of halogens is 1. The number of terminal acetylenes is 1. The number of hydrogen-bond acceptors (Lipinski definition) is 4. The average molecular weight is 289 g/mol. The van der Waals surface area contributed by atoms with Gasteiger partial charge in [-0.1, -0.05) is 17.5 Å². The van der Waals surface area contributed by atoms with Gasteiger partial charge in [-0.15, -0.1) is 6.42 Å². The van der Waals surface area contributed by atoms with Gasteiger partial charge >= 0.3 is 0 Å². The zero-order valence-electron chi connectivity index (χ0n) is 9.25. The number of nitrogens with one attached hydrogen (secondary N) is 1. The van der Waals surface area contributed by atoms with E-state index in [0.717, 1.165) is 12.1 Å². The van der Waals surface area contributed by atoms with E-state index in [1.54, 1.807) is 0 Å². The maximum absolute atomic E-state index is 11.9. The third-order valence-electron chi connectivity index (χ3n) is 1.99. The molecule has 0 aliphatic rings. The van der Waals surface area contributed by atoms with Crippen LogP contribution in [0.5, 0.6) is 0 Å². The largest absolute Gasteiger partial charge is 0.290 e. The Morgan fingerprint density at radius 3 is 2.67 bits per heavy atom. The molecule has 1 unspecified atom stereocenters. The standard InChI is InChI=1S/C10H9ClN2O4S/c1-3-7(2)12-18(16,17)10-5-4-8(11)6-9(10)13(14)15/h1,4-7,12H,2H3. The second-order valence-corrected chi connectivity index (χ2v) is 5.50. The highest BCUT2D eigenvalue weighted by atomic mass is 35.5. The number of nitro groups is 1. The summed E-state index contributed by atoms with van der Waals surface area (Å²) >= 11 is 5.59. The molecule has 0 fully saturated rings. The number of nitrogens with zero attached hydrogens (tertiary/aromatic N) is 1. The third-order valence-corrected chi connectivity index (χ3v) is 3.81. The highest BCUT2D eigenvalue weighted by molar-refractivity contribution is 7.89.